The van der Waals surface area contributed by atoms with Crippen LogP contribution in [0.5, 0.6) is 11.5 Å². The van der Waals surface area contributed by atoms with E-state index in [1.54, 1.807) is 36.4 Å². The smallest absolute Gasteiger partial charge is 0.339 e. The molecule has 0 bridgehead atoms. The molecule has 30 heavy (non-hydrogen) atoms. The lowest BCUT2D eigenvalue weighted by atomic mass is 9.99. The van der Waals surface area contributed by atoms with E-state index >= 15 is 0 Å². The number of esters is 1. The standard InChI is InChI=1S/C24H21BrO5/c1-28-19-14-13-18(15-20(19)29-2)24(27)30-23(21(25)16-9-5-3-6-10-16)22(26)17-11-7-4-8-12-17/h3-15,21,23H,1-2H3/t21-,23+/m0/s1. The Bertz CT molecular complexity index is 1000. The third kappa shape index (κ3) is 4.89. The van der Waals surface area contributed by atoms with Crippen LogP contribution < -0.4 is 9.47 Å². The molecule has 0 radical (unpaired) electrons. The highest BCUT2D eigenvalue weighted by atomic mass is 79.9. The number of hydrogen-bond donors (Lipinski definition) is 0. The van der Waals surface area contributed by atoms with E-state index in [1.807, 2.05) is 36.4 Å². The minimum atomic E-state index is -1.06. The van der Waals surface area contributed by atoms with Crippen LogP contribution in [0.1, 0.15) is 31.1 Å². The van der Waals surface area contributed by atoms with Crippen molar-refractivity contribution in [2.75, 3.05) is 14.2 Å². The van der Waals surface area contributed by atoms with Crippen molar-refractivity contribution in [2.24, 2.45) is 0 Å². The molecule has 0 aromatic heterocycles. The first-order chi connectivity index (χ1) is 14.5. The van der Waals surface area contributed by atoms with Gasteiger partial charge in [-0.15, -0.1) is 0 Å². The van der Waals surface area contributed by atoms with E-state index in [0.717, 1.165) is 5.56 Å². The Morgan fingerprint density at radius 2 is 1.37 bits per heavy atom. The number of methoxy groups -OCH3 is 2. The number of ether oxygens (including phenoxy) is 3. The summed E-state index contributed by atoms with van der Waals surface area (Å²) >= 11 is 3.56. The van der Waals surface area contributed by atoms with Gasteiger partial charge in [0.1, 0.15) is 0 Å². The Balaban J connectivity index is 1.92. The van der Waals surface area contributed by atoms with Crippen LogP contribution in [-0.4, -0.2) is 32.1 Å². The number of alkyl halides is 1. The van der Waals surface area contributed by atoms with Crippen LogP contribution in [0.4, 0.5) is 0 Å². The molecular weight excluding hydrogens is 448 g/mol. The third-order valence-electron chi connectivity index (χ3n) is 4.55. The molecule has 0 spiro atoms. The summed E-state index contributed by atoms with van der Waals surface area (Å²) in [4.78, 5) is 25.6. The Hall–Kier alpha value is -3.12. The summed E-state index contributed by atoms with van der Waals surface area (Å²) in [7, 11) is 3.00. The molecule has 0 saturated carbocycles. The summed E-state index contributed by atoms with van der Waals surface area (Å²) in [5, 5.41) is 0. The molecule has 3 aromatic rings. The molecule has 0 fully saturated rings. The zero-order valence-electron chi connectivity index (χ0n) is 16.6. The maximum absolute atomic E-state index is 13.2. The van der Waals surface area contributed by atoms with E-state index in [-0.39, 0.29) is 11.3 Å². The molecule has 0 saturated heterocycles. The van der Waals surface area contributed by atoms with Crippen molar-refractivity contribution in [3.8, 4) is 11.5 Å². The quantitative estimate of drug-likeness (QED) is 0.256. The molecule has 0 N–H and O–H groups in total. The van der Waals surface area contributed by atoms with E-state index in [0.29, 0.717) is 17.1 Å². The number of halogens is 1. The third-order valence-corrected chi connectivity index (χ3v) is 5.56. The lowest BCUT2D eigenvalue weighted by Crippen LogP contribution is -2.31. The van der Waals surface area contributed by atoms with Crippen LogP contribution >= 0.6 is 15.9 Å². The summed E-state index contributed by atoms with van der Waals surface area (Å²) in [5.74, 6) is -0.0364. The van der Waals surface area contributed by atoms with Crippen molar-refractivity contribution in [3.05, 3.63) is 95.6 Å². The molecule has 154 valence electrons. The summed E-state index contributed by atoms with van der Waals surface area (Å²) in [6, 6.07) is 22.8. The Kier molecular flexibility index (Phi) is 7.25. The van der Waals surface area contributed by atoms with Crippen molar-refractivity contribution < 1.29 is 23.8 Å². The summed E-state index contributed by atoms with van der Waals surface area (Å²) in [6.07, 6.45) is -1.06. The zero-order chi connectivity index (χ0) is 21.5. The maximum Gasteiger partial charge on any atom is 0.339 e. The van der Waals surface area contributed by atoms with Gasteiger partial charge < -0.3 is 14.2 Å². The molecule has 3 aromatic carbocycles. The predicted octanol–water partition coefficient (Wildman–Crippen LogP) is 5.25. The monoisotopic (exact) mass is 468 g/mol. The number of benzene rings is 3. The van der Waals surface area contributed by atoms with Crippen LogP contribution in [-0.2, 0) is 4.74 Å². The number of ketones is 1. The van der Waals surface area contributed by atoms with Crippen molar-refractivity contribution in [1.29, 1.82) is 0 Å². The van der Waals surface area contributed by atoms with Crippen LogP contribution in [0, 0.1) is 0 Å². The Morgan fingerprint density at radius 1 is 0.767 bits per heavy atom. The van der Waals surface area contributed by atoms with Gasteiger partial charge in [-0.2, -0.15) is 0 Å². The van der Waals surface area contributed by atoms with Crippen molar-refractivity contribution >= 4 is 27.7 Å². The van der Waals surface area contributed by atoms with Gasteiger partial charge in [-0.25, -0.2) is 4.79 Å². The summed E-state index contributed by atoms with van der Waals surface area (Å²) in [6.45, 7) is 0. The first-order valence-corrected chi connectivity index (χ1v) is 10.2. The van der Waals surface area contributed by atoms with Gasteiger partial charge in [-0.05, 0) is 23.8 Å². The van der Waals surface area contributed by atoms with Crippen molar-refractivity contribution in [3.63, 3.8) is 0 Å². The molecule has 2 atom stereocenters. The average molecular weight is 469 g/mol. The SMILES string of the molecule is COc1ccc(C(=O)O[C@@H](C(=O)c2ccccc2)[C@@H](Br)c2ccccc2)cc1OC. The largest absolute Gasteiger partial charge is 0.493 e. The lowest BCUT2D eigenvalue weighted by Gasteiger charge is -2.22. The fraction of sp³-hybridized carbons (Fsp3) is 0.167. The molecule has 5 nitrogen and oxygen atoms in total. The van der Waals surface area contributed by atoms with Gasteiger partial charge in [0.25, 0.3) is 0 Å². The molecule has 0 unspecified atom stereocenters. The fourth-order valence-corrected chi connectivity index (χ4v) is 3.62. The number of Topliss-reactive ketones (excluding diaryl/α,β-unsaturated/α-hetero) is 1. The van der Waals surface area contributed by atoms with E-state index < -0.39 is 16.9 Å². The lowest BCUT2D eigenvalue weighted by molar-refractivity contribution is 0.0282. The second-order valence-electron chi connectivity index (χ2n) is 6.44. The average Bonchev–Trinajstić information content (AvgIpc) is 2.82. The molecule has 0 heterocycles. The van der Waals surface area contributed by atoms with Gasteiger partial charge in [0.15, 0.2) is 17.6 Å². The first-order valence-electron chi connectivity index (χ1n) is 9.26. The van der Waals surface area contributed by atoms with Gasteiger partial charge in [-0.1, -0.05) is 76.6 Å². The van der Waals surface area contributed by atoms with Crippen LogP contribution in [0.3, 0.4) is 0 Å². The zero-order valence-corrected chi connectivity index (χ0v) is 18.2. The molecule has 0 aliphatic carbocycles. The van der Waals surface area contributed by atoms with Crippen LogP contribution in [0.25, 0.3) is 0 Å². The predicted molar refractivity (Wildman–Crippen MR) is 118 cm³/mol. The number of carbonyl (C=O) groups excluding carboxylic acids is 2. The highest BCUT2D eigenvalue weighted by molar-refractivity contribution is 9.09. The normalized spacial score (nSPS) is 12.5. The van der Waals surface area contributed by atoms with Gasteiger partial charge in [0.2, 0.25) is 5.78 Å². The van der Waals surface area contributed by atoms with Crippen molar-refractivity contribution in [1.82, 2.24) is 0 Å². The summed E-state index contributed by atoms with van der Waals surface area (Å²) < 4.78 is 16.2. The van der Waals surface area contributed by atoms with Crippen LogP contribution in [0.2, 0.25) is 0 Å². The van der Waals surface area contributed by atoms with Gasteiger partial charge in [-0.3, -0.25) is 4.79 Å². The second kappa shape index (κ2) is 10.1. The van der Waals surface area contributed by atoms with Gasteiger partial charge in [0.05, 0.1) is 24.6 Å². The Labute approximate surface area is 183 Å². The van der Waals surface area contributed by atoms with E-state index in [4.69, 9.17) is 14.2 Å². The highest BCUT2D eigenvalue weighted by Crippen LogP contribution is 2.32. The molecule has 0 aliphatic heterocycles. The molecule has 3 rings (SSSR count). The number of rotatable bonds is 8. The highest BCUT2D eigenvalue weighted by Gasteiger charge is 2.32. The topological polar surface area (TPSA) is 61.8 Å². The van der Waals surface area contributed by atoms with Gasteiger partial charge in [0, 0.05) is 5.56 Å². The minimum absolute atomic E-state index is 0.256. The van der Waals surface area contributed by atoms with E-state index in [9.17, 15) is 9.59 Å². The second-order valence-corrected chi connectivity index (χ2v) is 7.42. The molecular formula is C24H21BrO5. The van der Waals surface area contributed by atoms with Crippen LogP contribution in [0.15, 0.2) is 78.9 Å². The number of hydrogen-bond acceptors (Lipinski definition) is 5. The fourth-order valence-electron chi connectivity index (χ4n) is 2.97. The Morgan fingerprint density at radius 3 is 1.97 bits per heavy atom. The summed E-state index contributed by atoms with van der Waals surface area (Å²) in [5.41, 5.74) is 1.54. The van der Waals surface area contributed by atoms with E-state index in [2.05, 4.69) is 15.9 Å². The minimum Gasteiger partial charge on any atom is -0.493 e. The van der Waals surface area contributed by atoms with Crippen molar-refractivity contribution in [2.45, 2.75) is 10.9 Å². The number of carbonyl (C=O) groups is 2. The molecule has 0 amide bonds. The first kappa shape index (κ1) is 21.6. The molecule has 0 aliphatic rings. The van der Waals surface area contributed by atoms with E-state index in [1.165, 1.54) is 20.3 Å². The maximum atomic E-state index is 13.2. The molecule has 6 heteroatoms. The van der Waals surface area contributed by atoms with Gasteiger partial charge >= 0.3 is 5.97 Å².